The largest absolute Gasteiger partial charge is 0.377 e. The minimum Gasteiger partial charge on any atom is -0.377 e. The third-order valence-electron chi connectivity index (χ3n) is 2.94. The fourth-order valence-electron chi connectivity index (χ4n) is 2.03. The standard InChI is InChI=1S/C11H18N6O2/c1-7-5-9(15-11(14-7)16-12)17-3-4-19-6-8(17)10(18)13-2/h5,8H,3-4,6,12H2,1-2H3,(H,13,18)(H,14,15,16). The second kappa shape index (κ2) is 5.81. The Morgan fingerprint density at radius 3 is 3.05 bits per heavy atom. The van der Waals surface area contributed by atoms with Gasteiger partial charge in [-0.25, -0.2) is 10.8 Å². The first-order valence-corrected chi connectivity index (χ1v) is 6.04. The van der Waals surface area contributed by atoms with E-state index in [2.05, 4.69) is 20.7 Å². The molecule has 0 aromatic carbocycles. The number of carbonyl (C=O) groups is 1. The zero-order chi connectivity index (χ0) is 13.8. The van der Waals surface area contributed by atoms with Crippen LogP contribution in [-0.4, -0.2) is 48.7 Å². The predicted octanol–water partition coefficient (Wildman–Crippen LogP) is -0.978. The van der Waals surface area contributed by atoms with Crippen molar-refractivity contribution < 1.29 is 9.53 Å². The number of hydrogen-bond acceptors (Lipinski definition) is 7. The molecular weight excluding hydrogens is 248 g/mol. The quantitative estimate of drug-likeness (QED) is 0.477. The van der Waals surface area contributed by atoms with Crippen molar-refractivity contribution in [2.75, 3.05) is 37.1 Å². The predicted molar refractivity (Wildman–Crippen MR) is 70.6 cm³/mol. The lowest BCUT2D eigenvalue weighted by Gasteiger charge is -2.35. The van der Waals surface area contributed by atoms with E-state index in [4.69, 9.17) is 10.6 Å². The number of hydrogen-bond donors (Lipinski definition) is 3. The first-order valence-electron chi connectivity index (χ1n) is 6.04. The SMILES string of the molecule is CNC(=O)C1COCCN1c1cc(C)nc(NN)n1. The molecule has 4 N–H and O–H groups in total. The first kappa shape index (κ1) is 13.5. The highest BCUT2D eigenvalue weighted by atomic mass is 16.5. The fourth-order valence-corrected chi connectivity index (χ4v) is 2.03. The van der Waals surface area contributed by atoms with E-state index in [0.29, 0.717) is 31.5 Å². The second-order valence-electron chi connectivity index (χ2n) is 4.23. The van der Waals surface area contributed by atoms with Crippen LogP contribution in [0.15, 0.2) is 6.07 Å². The lowest BCUT2D eigenvalue weighted by molar-refractivity contribution is -0.124. The van der Waals surface area contributed by atoms with Crippen molar-refractivity contribution in [1.82, 2.24) is 15.3 Å². The Hall–Kier alpha value is -1.93. The number of amides is 1. The molecule has 8 heteroatoms. The maximum absolute atomic E-state index is 11.9. The van der Waals surface area contributed by atoms with E-state index in [1.807, 2.05) is 17.9 Å². The summed E-state index contributed by atoms with van der Waals surface area (Å²) in [6.45, 7) is 3.34. The van der Waals surface area contributed by atoms with Crippen LogP contribution in [0, 0.1) is 6.92 Å². The molecule has 104 valence electrons. The van der Waals surface area contributed by atoms with Gasteiger partial charge < -0.3 is 15.0 Å². The van der Waals surface area contributed by atoms with E-state index in [-0.39, 0.29) is 5.91 Å². The van der Waals surface area contributed by atoms with Gasteiger partial charge in [0.2, 0.25) is 11.9 Å². The van der Waals surface area contributed by atoms with Crippen LogP contribution in [0.25, 0.3) is 0 Å². The van der Waals surface area contributed by atoms with Gasteiger partial charge in [0.1, 0.15) is 11.9 Å². The molecule has 1 aliphatic rings. The molecule has 0 aliphatic carbocycles. The third-order valence-corrected chi connectivity index (χ3v) is 2.94. The molecule has 1 fully saturated rings. The van der Waals surface area contributed by atoms with E-state index < -0.39 is 6.04 Å². The highest BCUT2D eigenvalue weighted by Gasteiger charge is 2.30. The number of rotatable bonds is 3. The summed E-state index contributed by atoms with van der Waals surface area (Å²) >= 11 is 0. The molecule has 19 heavy (non-hydrogen) atoms. The summed E-state index contributed by atoms with van der Waals surface area (Å²) in [5.41, 5.74) is 3.20. The van der Waals surface area contributed by atoms with Crippen molar-refractivity contribution in [2.45, 2.75) is 13.0 Å². The molecule has 1 aliphatic heterocycles. The zero-order valence-corrected chi connectivity index (χ0v) is 11.0. The summed E-state index contributed by atoms with van der Waals surface area (Å²) in [6, 6.07) is 1.43. The summed E-state index contributed by atoms with van der Waals surface area (Å²) in [5, 5.41) is 2.63. The Balaban J connectivity index is 2.31. The maximum Gasteiger partial charge on any atom is 0.244 e. The molecule has 2 rings (SSSR count). The minimum absolute atomic E-state index is 0.0989. The van der Waals surface area contributed by atoms with Crippen molar-refractivity contribution in [3.05, 3.63) is 11.8 Å². The smallest absolute Gasteiger partial charge is 0.244 e. The van der Waals surface area contributed by atoms with Crippen LogP contribution >= 0.6 is 0 Å². The van der Waals surface area contributed by atoms with E-state index >= 15 is 0 Å². The van der Waals surface area contributed by atoms with Gasteiger partial charge in [-0.15, -0.1) is 0 Å². The van der Waals surface area contributed by atoms with E-state index in [1.54, 1.807) is 7.05 Å². The average Bonchev–Trinajstić information content (AvgIpc) is 2.45. The number of nitrogens with one attached hydrogen (secondary N) is 2. The normalized spacial score (nSPS) is 19.1. The van der Waals surface area contributed by atoms with Crippen molar-refractivity contribution in [2.24, 2.45) is 5.84 Å². The van der Waals surface area contributed by atoms with Gasteiger partial charge in [-0.2, -0.15) is 4.98 Å². The number of morpholine rings is 1. The highest BCUT2D eigenvalue weighted by molar-refractivity contribution is 5.85. The number of nitrogens with two attached hydrogens (primary N) is 1. The molecule has 1 aromatic rings. The number of aryl methyl sites for hydroxylation is 1. The van der Waals surface area contributed by atoms with Crippen LogP contribution in [-0.2, 0) is 9.53 Å². The zero-order valence-electron chi connectivity index (χ0n) is 11.0. The number of aromatic nitrogens is 2. The van der Waals surface area contributed by atoms with Crippen molar-refractivity contribution >= 4 is 17.7 Å². The van der Waals surface area contributed by atoms with Crippen LogP contribution in [0.5, 0.6) is 0 Å². The molecule has 8 nitrogen and oxygen atoms in total. The average molecular weight is 266 g/mol. The fraction of sp³-hybridized carbons (Fsp3) is 0.545. The van der Waals surface area contributed by atoms with Gasteiger partial charge in [0, 0.05) is 25.4 Å². The first-order chi connectivity index (χ1) is 9.15. The Morgan fingerprint density at radius 1 is 1.58 bits per heavy atom. The summed E-state index contributed by atoms with van der Waals surface area (Å²) in [6.07, 6.45) is 0. The number of hydrazine groups is 1. The number of ether oxygens (including phenoxy) is 1. The number of nitrogen functional groups attached to an aromatic ring is 1. The van der Waals surface area contributed by atoms with Gasteiger partial charge in [-0.1, -0.05) is 0 Å². The minimum atomic E-state index is -0.390. The summed E-state index contributed by atoms with van der Waals surface area (Å²) in [4.78, 5) is 22.2. The van der Waals surface area contributed by atoms with Gasteiger partial charge in [-0.3, -0.25) is 10.2 Å². The lowest BCUT2D eigenvalue weighted by atomic mass is 10.2. The number of carbonyl (C=O) groups excluding carboxylic acids is 1. The van der Waals surface area contributed by atoms with Gasteiger partial charge in [0.15, 0.2) is 0 Å². The Bertz CT molecular complexity index is 466. The van der Waals surface area contributed by atoms with Crippen molar-refractivity contribution in [3.63, 3.8) is 0 Å². The molecule has 1 aromatic heterocycles. The van der Waals surface area contributed by atoms with E-state index in [1.165, 1.54) is 0 Å². The van der Waals surface area contributed by atoms with Gasteiger partial charge in [0.05, 0.1) is 13.2 Å². The molecule has 1 atom stereocenters. The molecule has 0 saturated carbocycles. The maximum atomic E-state index is 11.9. The summed E-state index contributed by atoms with van der Waals surface area (Å²) < 4.78 is 5.36. The lowest BCUT2D eigenvalue weighted by Crippen LogP contribution is -2.53. The van der Waals surface area contributed by atoms with Gasteiger partial charge >= 0.3 is 0 Å². The monoisotopic (exact) mass is 266 g/mol. The van der Waals surface area contributed by atoms with Crippen LogP contribution in [0.1, 0.15) is 5.69 Å². The summed E-state index contributed by atoms with van der Waals surface area (Å²) in [7, 11) is 1.60. The topological polar surface area (TPSA) is 105 Å². The van der Waals surface area contributed by atoms with Crippen LogP contribution in [0.4, 0.5) is 11.8 Å². The molecule has 1 amide bonds. The van der Waals surface area contributed by atoms with Crippen LogP contribution in [0.3, 0.4) is 0 Å². The Morgan fingerprint density at radius 2 is 2.37 bits per heavy atom. The molecule has 1 saturated heterocycles. The second-order valence-corrected chi connectivity index (χ2v) is 4.23. The van der Waals surface area contributed by atoms with Crippen LogP contribution in [0.2, 0.25) is 0 Å². The molecule has 0 radical (unpaired) electrons. The van der Waals surface area contributed by atoms with Crippen molar-refractivity contribution in [3.8, 4) is 0 Å². The number of anilines is 2. The molecule has 2 heterocycles. The highest BCUT2D eigenvalue weighted by Crippen LogP contribution is 2.19. The summed E-state index contributed by atoms with van der Waals surface area (Å²) in [5.74, 6) is 6.24. The number of nitrogens with zero attached hydrogens (tertiary/aromatic N) is 3. The Kier molecular flexibility index (Phi) is 4.13. The number of likely N-dealkylation sites (N-methyl/N-ethyl adjacent to an activating group) is 1. The van der Waals surface area contributed by atoms with Gasteiger partial charge in [-0.05, 0) is 6.92 Å². The van der Waals surface area contributed by atoms with E-state index in [0.717, 1.165) is 5.69 Å². The third kappa shape index (κ3) is 2.91. The van der Waals surface area contributed by atoms with Crippen molar-refractivity contribution in [1.29, 1.82) is 0 Å². The molecule has 0 spiro atoms. The molecule has 1 unspecified atom stereocenters. The molecular formula is C11H18N6O2. The van der Waals surface area contributed by atoms with Gasteiger partial charge in [0.25, 0.3) is 0 Å². The van der Waals surface area contributed by atoms with Crippen LogP contribution < -0.4 is 21.5 Å². The molecule has 0 bridgehead atoms. The Labute approximate surface area is 111 Å². The van der Waals surface area contributed by atoms with E-state index in [9.17, 15) is 4.79 Å².